The van der Waals surface area contributed by atoms with Gasteiger partial charge in [0.05, 0.1) is 12.3 Å². The number of anilines is 1. The van der Waals surface area contributed by atoms with E-state index < -0.39 is 12.0 Å². The first-order chi connectivity index (χ1) is 15.1. The Morgan fingerprint density at radius 2 is 1.78 bits per heavy atom. The van der Waals surface area contributed by atoms with Gasteiger partial charge in [0, 0.05) is 30.3 Å². The number of piperidine rings is 1. The van der Waals surface area contributed by atoms with Crippen molar-refractivity contribution in [3.63, 3.8) is 0 Å². The number of rotatable bonds is 6. The molecular formula is C24H35N3O4S. The van der Waals surface area contributed by atoms with E-state index in [-0.39, 0.29) is 24.1 Å². The van der Waals surface area contributed by atoms with E-state index in [0.717, 1.165) is 40.2 Å². The minimum Gasteiger partial charge on any atom is -0.461 e. The van der Waals surface area contributed by atoms with Crippen LogP contribution in [-0.4, -0.2) is 46.9 Å². The SMILES string of the molecule is CCOC(=O)c1c(NC(C)=O)c2c(C)c(C)sc2n1[C@H](CC)C(=O)N1C[C@H](C)C[C@@H](C)C1. The fourth-order valence-electron chi connectivity index (χ4n) is 4.93. The summed E-state index contributed by atoms with van der Waals surface area (Å²) in [4.78, 5) is 42.9. The molecule has 0 radical (unpaired) electrons. The number of carbonyl (C=O) groups is 3. The molecule has 1 fully saturated rings. The van der Waals surface area contributed by atoms with E-state index in [1.54, 1.807) is 18.3 Å². The minimum atomic E-state index is -0.547. The van der Waals surface area contributed by atoms with Gasteiger partial charge in [-0.15, -0.1) is 11.3 Å². The molecule has 2 amide bonds. The number of amides is 2. The van der Waals surface area contributed by atoms with Crippen LogP contribution >= 0.6 is 11.3 Å². The monoisotopic (exact) mass is 461 g/mol. The number of thiophene rings is 1. The lowest BCUT2D eigenvalue weighted by Crippen LogP contribution is -2.46. The molecule has 3 atom stereocenters. The number of nitrogens with one attached hydrogen (secondary N) is 1. The number of fused-ring (bicyclic) bond motifs is 1. The highest BCUT2D eigenvalue weighted by atomic mass is 32.1. The molecule has 2 aromatic heterocycles. The van der Waals surface area contributed by atoms with Gasteiger partial charge in [-0.3, -0.25) is 9.59 Å². The van der Waals surface area contributed by atoms with Gasteiger partial charge in [0.1, 0.15) is 10.9 Å². The van der Waals surface area contributed by atoms with Gasteiger partial charge >= 0.3 is 5.97 Å². The summed E-state index contributed by atoms with van der Waals surface area (Å²) in [5.74, 6) is 0.108. The average molecular weight is 462 g/mol. The van der Waals surface area contributed by atoms with Crippen molar-refractivity contribution in [1.82, 2.24) is 9.47 Å². The Balaban J connectivity index is 2.23. The lowest BCUT2D eigenvalue weighted by Gasteiger charge is -2.37. The van der Waals surface area contributed by atoms with Crippen LogP contribution in [0.4, 0.5) is 5.69 Å². The quantitative estimate of drug-likeness (QED) is 0.620. The molecule has 176 valence electrons. The number of esters is 1. The largest absolute Gasteiger partial charge is 0.461 e. The summed E-state index contributed by atoms with van der Waals surface area (Å²) in [6.45, 7) is 15.1. The van der Waals surface area contributed by atoms with Gasteiger partial charge in [0.2, 0.25) is 11.8 Å². The number of nitrogens with zero attached hydrogens (tertiary/aromatic N) is 2. The Morgan fingerprint density at radius 1 is 1.16 bits per heavy atom. The molecule has 32 heavy (non-hydrogen) atoms. The molecular weight excluding hydrogens is 426 g/mol. The Hall–Kier alpha value is -2.35. The number of aryl methyl sites for hydroxylation is 2. The number of likely N-dealkylation sites (tertiary alicyclic amines) is 1. The molecule has 2 aromatic rings. The smallest absolute Gasteiger partial charge is 0.357 e. The maximum atomic E-state index is 13.8. The summed E-state index contributed by atoms with van der Waals surface area (Å²) < 4.78 is 7.21. The van der Waals surface area contributed by atoms with Crippen LogP contribution in [0.25, 0.3) is 10.2 Å². The maximum absolute atomic E-state index is 13.8. The highest BCUT2D eigenvalue weighted by Crippen LogP contribution is 2.43. The summed E-state index contributed by atoms with van der Waals surface area (Å²) in [6.07, 6.45) is 1.64. The molecule has 1 aliphatic rings. The molecule has 0 spiro atoms. The van der Waals surface area contributed by atoms with Gasteiger partial charge in [-0.05, 0) is 51.0 Å². The number of aromatic nitrogens is 1. The zero-order chi connectivity index (χ0) is 23.7. The second-order valence-electron chi connectivity index (χ2n) is 9.07. The fraction of sp³-hybridized carbons (Fsp3) is 0.625. The predicted octanol–water partition coefficient (Wildman–Crippen LogP) is 4.91. The van der Waals surface area contributed by atoms with Crippen LogP contribution in [0.1, 0.15) is 74.4 Å². The maximum Gasteiger partial charge on any atom is 0.357 e. The van der Waals surface area contributed by atoms with Crippen molar-refractivity contribution in [3.05, 3.63) is 16.1 Å². The summed E-state index contributed by atoms with van der Waals surface area (Å²) in [5, 5.41) is 3.68. The number of hydrogen-bond donors (Lipinski definition) is 1. The van der Waals surface area contributed by atoms with Crippen LogP contribution in [-0.2, 0) is 14.3 Å². The first-order valence-electron chi connectivity index (χ1n) is 11.5. The van der Waals surface area contributed by atoms with Gasteiger partial charge in [-0.2, -0.15) is 0 Å². The van der Waals surface area contributed by atoms with Gasteiger partial charge in [0.25, 0.3) is 0 Å². The van der Waals surface area contributed by atoms with Crippen LogP contribution < -0.4 is 5.32 Å². The third kappa shape index (κ3) is 4.42. The molecule has 1 saturated heterocycles. The summed E-state index contributed by atoms with van der Waals surface area (Å²) in [5.41, 5.74) is 1.70. The van der Waals surface area contributed by atoms with E-state index in [9.17, 15) is 14.4 Å². The third-order valence-corrected chi connectivity index (χ3v) is 7.45. The van der Waals surface area contributed by atoms with Crippen LogP contribution in [0.15, 0.2) is 0 Å². The van der Waals surface area contributed by atoms with E-state index in [4.69, 9.17) is 4.74 Å². The zero-order valence-corrected chi connectivity index (χ0v) is 21.0. The van der Waals surface area contributed by atoms with E-state index in [1.165, 1.54) is 6.92 Å². The van der Waals surface area contributed by atoms with Crippen molar-refractivity contribution in [1.29, 1.82) is 0 Å². The van der Waals surface area contributed by atoms with Crippen molar-refractivity contribution in [2.75, 3.05) is 25.0 Å². The van der Waals surface area contributed by atoms with Crippen LogP contribution in [0.2, 0.25) is 0 Å². The topological polar surface area (TPSA) is 80.6 Å². The van der Waals surface area contributed by atoms with E-state index in [0.29, 0.717) is 23.9 Å². The van der Waals surface area contributed by atoms with Gasteiger partial charge in [-0.25, -0.2) is 4.79 Å². The standard InChI is InChI=1S/C24H35N3O4S/c1-8-18(22(29)26-11-13(3)10-14(4)12-26)27-21(24(30)31-9-2)20(25-17(7)28)19-15(5)16(6)32-23(19)27/h13-14,18H,8-12H2,1-7H3,(H,25,28)/t13-,14-,18-/m1/s1. The molecule has 0 aliphatic carbocycles. The van der Waals surface area contributed by atoms with Gasteiger partial charge in [0.15, 0.2) is 5.69 Å². The highest BCUT2D eigenvalue weighted by molar-refractivity contribution is 7.19. The van der Waals surface area contributed by atoms with Crippen LogP contribution in [0, 0.1) is 25.7 Å². The number of hydrogen-bond acceptors (Lipinski definition) is 5. The lowest BCUT2D eigenvalue weighted by atomic mass is 9.91. The van der Waals surface area contributed by atoms with Gasteiger partial charge < -0.3 is 19.5 Å². The van der Waals surface area contributed by atoms with Crippen molar-refractivity contribution in [2.45, 2.75) is 67.3 Å². The van der Waals surface area contributed by atoms with Crippen molar-refractivity contribution < 1.29 is 19.1 Å². The van der Waals surface area contributed by atoms with Crippen molar-refractivity contribution in [3.8, 4) is 0 Å². The van der Waals surface area contributed by atoms with Crippen LogP contribution in [0.5, 0.6) is 0 Å². The lowest BCUT2D eigenvalue weighted by molar-refractivity contribution is -0.137. The average Bonchev–Trinajstić information content (AvgIpc) is 3.16. The minimum absolute atomic E-state index is 0.0198. The molecule has 0 saturated carbocycles. The molecule has 0 aromatic carbocycles. The summed E-state index contributed by atoms with van der Waals surface area (Å²) in [6, 6.07) is -0.547. The Bertz CT molecular complexity index is 1030. The van der Waals surface area contributed by atoms with E-state index >= 15 is 0 Å². The molecule has 3 heterocycles. The summed E-state index contributed by atoms with van der Waals surface area (Å²) >= 11 is 1.54. The van der Waals surface area contributed by atoms with E-state index in [1.807, 2.05) is 30.2 Å². The molecule has 1 N–H and O–H groups in total. The first kappa shape index (κ1) is 24.3. The van der Waals surface area contributed by atoms with Gasteiger partial charge in [-0.1, -0.05) is 20.8 Å². The summed E-state index contributed by atoms with van der Waals surface area (Å²) in [7, 11) is 0. The molecule has 3 rings (SSSR count). The number of carbonyl (C=O) groups excluding carboxylic acids is 3. The zero-order valence-electron chi connectivity index (χ0n) is 20.2. The predicted molar refractivity (Wildman–Crippen MR) is 128 cm³/mol. The van der Waals surface area contributed by atoms with Crippen LogP contribution in [0.3, 0.4) is 0 Å². The highest BCUT2D eigenvalue weighted by Gasteiger charge is 2.36. The normalized spacial score (nSPS) is 19.8. The Morgan fingerprint density at radius 3 is 2.31 bits per heavy atom. The third-order valence-electron chi connectivity index (χ3n) is 6.25. The fourth-order valence-corrected chi connectivity index (χ4v) is 6.15. The number of ether oxygens (including phenoxy) is 1. The molecule has 0 bridgehead atoms. The molecule has 0 unspecified atom stereocenters. The second kappa shape index (κ2) is 9.65. The molecule has 8 heteroatoms. The Labute approximate surface area is 194 Å². The first-order valence-corrected chi connectivity index (χ1v) is 12.3. The van der Waals surface area contributed by atoms with Crippen molar-refractivity contribution >= 4 is 45.0 Å². The van der Waals surface area contributed by atoms with Crippen molar-refractivity contribution in [2.24, 2.45) is 11.8 Å². The molecule has 1 aliphatic heterocycles. The Kier molecular flexibility index (Phi) is 7.32. The molecule has 7 nitrogen and oxygen atoms in total. The second-order valence-corrected chi connectivity index (χ2v) is 10.3. The van der Waals surface area contributed by atoms with E-state index in [2.05, 4.69) is 19.2 Å².